The van der Waals surface area contributed by atoms with Crippen molar-refractivity contribution in [1.29, 1.82) is 0 Å². The van der Waals surface area contributed by atoms with Crippen LogP contribution in [0.3, 0.4) is 0 Å². The molecule has 3 aromatic rings. The highest BCUT2D eigenvalue weighted by Crippen LogP contribution is 2.19. The van der Waals surface area contributed by atoms with Gasteiger partial charge in [0.05, 0.1) is 4.90 Å². The van der Waals surface area contributed by atoms with E-state index in [-0.39, 0.29) is 11.6 Å². The maximum atomic E-state index is 13.3. The Kier molecular flexibility index (Phi) is 5.70. The number of carbonyl (C=O) groups is 1. The van der Waals surface area contributed by atoms with Gasteiger partial charge in [0.15, 0.2) is 11.6 Å². The predicted molar refractivity (Wildman–Crippen MR) is 101 cm³/mol. The van der Waals surface area contributed by atoms with E-state index >= 15 is 0 Å². The lowest BCUT2D eigenvalue weighted by Crippen LogP contribution is -2.22. The van der Waals surface area contributed by atoms with E-state index in [0.717, 1.165) is 17.7 Å². The monoisotopic (exact) mass is 402 g/mol. The third kappa shape index (κ3) is 4.72. The highest BCUT2D eigenvalue weighted by Gasteiger charge is 2.17. The van der Waals surface area contributed by atoms with Crippen LogP contribution >= 0.6 is 0 Å². The molecule has 3 rings (SSSR count). The minimum Gasteiger partial charge on any atom is -0.348 e. The molecule has 0 spiro atoms. The number of hydrogen-bond donors (Lipinski definition) is 2. The molecule has 0 fully saturated rings. The smallest absolute Gasteiger partial charge is 0.261 e. The topological polar surface area (TPSA) is 75.3 Å². The number of amides is 1. The molecule has 0 unspecified atom stereocenters. The summed E-state index contributed by atoms with van der Waals surface area (Å²) >= 11 is 0. The molecule has 0 radical (unpaired) electrons. The van der Waals surface area contributed by atoms with Gasteiger partial charge in [0.1, 0.15) is 0 Å². The molecule has 0 atom stereocenters. The molecule has 0 aliphatic rings. The van der Waals surface area contributed by atoms with Gasteiger partial charge in [0.2, 0.25) is 0 Å². The van der Waals surface area contributed by atoms with Crippen molar-refractivity contribution < 1.29 is 22.0 Å². The summed E-state index contributed by atoms with van der Waals surface area (Å²) in [7, 11) is -4.09. The number of nitrogens with one attached hydrogen (secondary N) is 2. The fourth-order valence-electron chi connectivity index (χ4n) is 2.43. The molecule has 1 amide bonds. The van der Waals surface area contributed by atoms with Crippen molar-refractivity contribution in [2.24, 2.45) is 0 Å². The lowest BCUT2D eigenvalue weighted by molar-refractivity contribution is 0.0951. The minimum absolute atomic E-state index is 0.185. The molecule has 144 valence electrons. The summed E-state index contributed by atoms with van der Waals surface area (Å²) in [6.07, 6.45) is 0. The van der Waals surface area contributed by atoms with Crippen molar-refractivity contribution in [1.82, 2.24) is 5.32 Å². The molecule has 8 heteroatoms. The van der Waals surface area contributed by atoms with Gasteiger partial charge in [-0.05, 0) is 48.0 Å². The van der Waals surface area contributed by atoms with E-state index in [1.807, 2.05) is 30.3 Å². The number of hydrogen-bond acceptors (Lipinski definition) is 3. The predicted octanol–water partition coefficient (Wildman–Crippen LogP) is 3.70. The van der Waals surface area contributed by atoms with Crippen LogP contribution in [-0.2, 0) is 16.6 Å². The second-order valence-corrected chi connectivity index (χ2v) is 7.61. The van der Waals surface area contributed by atoms with Crippen LogP contribution in [0.5, 0.6) is 0 Å². The summed E-state index contributed by atoms with van der Waals surface area (Å²) in [6.45, 7) is 0.365. The van der Waals surface area contributed by atoms with E-state index in [1.54, 1.807) is 0 Å². The average Bonchev–Trinajstić information content (AvgIpc) is 2.69. The first-order valence-corrected chi connectivity index (χ1v) is 9.73. The largest absolute Gasteiger partial charge is 0.348 e. The summed E-state index contributed by atoms with van der Waals surface area (Å²) in [4.78, 5) is 11.8. The fourth-order valence-corrected chi connectivity index (χ4v) is 3.50. The fraction of sp³-hybridized carbons (Fsp3) is 0.0500. The highest BCUT2D eigenvalue weighted by atomic mass is 32.2. The Balaban J connectivity index is 1.66. The zero-order valence-corrected chi connectivity index (χ0v) is 15.3. The van der Waals surface area contributed by atoms with Crippen LogP contribution in [0.2, 0.25) is 0 Å². The highest BCUT2D eigenvalue weighted by molar-refractivity contribution is 7.92. The van der Waals surface area contributed by atoms with Crippen molar-refractivity contribution in [3.8, 4) is 0 Å². The summed E-state index contributed by atoms with van der Waals surface area (Å²) < 4.78 is 53.0. The van der Waals surface area contributed by atoms with Gasteiger partial charge in [-0.2, -0.15) is 0 Å². The zero-order valence-electron chi connectivity index (χ0n) is 14.5. The molecule has 0 bridgehead atoms. The second-order valence-electron chi connectivity index (χ2n) is 5.93. The Morgan fingerprint density at radius 1 is 0.857 bits per heavy atom. The van der Waals surface area contributed by atoms with E-state index in [4.69, 9.17) is 0 Å². The van der Waals surface area contributed by atoms with E-state index in [0.29, 0.717) is 18.2 Å². The Hall–Kier alpha value is -3.26. The van der Waals surface area contributed by atoms with Crippen LogP contribution in [0.4, 0.5) is 14.5 Å². The van der Waals surface area contributed by atoms with E-state index in [9.17, 15) is 22.0 Å². The van der Waals surface area contributed by atoms with Gasteiger partial charge >= 0.3 is 0 Å². The van der Waals surface area contributed by atoms with Crippen molar-refractivity contribution in [2.75, 3.05) is 4.72 Å². The Labute approximate surface area is 161 Å². The SMILES string of the molecule is O=C(NCc1ccccc1)c1ccc(NS(=O)(=O)c2ccc(F)c(F)c2)cc1. The normalized spacial score (nSPS) is 11.1. The minimum atomic E-state index is -4.09. The zero-order chi connectivity index (χ0) is 20.1. The summed E-state index contributed by atoms with van der Waals surface area (Å²) in [5.41, 5.74) is 1.49. The maximum absolute atomic E-state index is 13.3. The van der Waals surface area contributed by atoms with Gasteiger partial charge in [-0.1, -0.05) is 30.3 Å². The van der Waals surface area contributed by atoms with Crippen LogP contribution in [0, 0.1) is 11.6 Å². The molecular formula is C20H16F2N2O3S. The Bertz CT molecular complexity index is 1090. The van der Waals surface area contributed by atoms with Gasteiger partial charge in [-0.25, -0.2) is 17.2 Å². The molecule has 0 saturated carbocycles. The molecule has 0 saturated heterocycles. The van der Waals surface area contributed by atoms with Gasteiger partial charge in [-0.3, -0.25) is 9.52 Å². The molecule has 28 heavy (non-hydrogen) atoms. The third-order valence-corrected chi connectivity index (χ3v) is 5.28. The standard InChI is InChI=1S/C20H16F2N2O3S/c21-18-11-10-17(12-19(18)22)28(26,27)24-16-8-6-15(7-9-16)20(25)23-13-14-4-2-1-3-5-14/h1-12,24H,13H2,(H,23,25). The molecule has 5 nitrogen and oxygen atoms in total. The van der Waals surface area contributed by atoms with Crippen LogP contribution < -0.4 is 10.0 Å². The van der Waals surface area contributed by atoms with E-state index < -0.39 is 26.6 Å². The van der Waals surface area contributed by atoms with E-state index in [2.05, 4.69) is 10.0 Å². The van der Waals surface area contributed by atoms with Crippen molar-refractivity contribution in [3.63, 3.8) is 0 Å². The summed E-state index contributed by atoms with van der Waals surface area (Å²) in [5, 5.41) is 2.77. The van der Waals surface area contributed by atoms with Crippen LogP contribution in [0.25, 0.3) is 0 Å². The van der Waals surface area contributed by atoms with Gasteiger partial charge < -0.3 is 5.32 Å². The van der Waals surface area contributed by atoms with E-state index in [1.165, 1.54) is 24.3 Å². The Morgan fingerprint density at radius 2 is 1.54 bits per heavy atom. The third-order valence-electron chi connectivity index (χ3n) is 3.90. The lowest BCUT2D eigenvalue weighted by Gasteiger charge is -2.10. The van der Waals surface area contributed by atoms with Gasteiger partial charge in [0, 0.05) is 17.8 Å². The molecule has 0 aliphatic heterocycles. The number of carbonyl (C=O) groups excluding carboxylic acids is 1. The Morgan fingerprint density at radius 3 is 2.18 bits per heavy atom. The van der Waals surface area contributed by atoms with Gasteiger partial charge in [-0.15, -0.1) is 0 Å². The average molecular weight is 402 g/mol. The number of rotatable bonds is 6. The maximum Gasteiger partial charge on any atom is 0.261 e. The molecule has 3 aromatic carbocycles. The number of sulfonamides is 1. The molecule has 0 aliphatic carbocycles. The number of anilines is 1. The van der Waals surface area contributed by atoms with Crippen molar-refractivity contribution in [2.45, 2.75) is 11.4 Å². The molecule has 0 aromatic heterocycles. The first-order chi connectivity index (χ1) is 13.3. The van der Waals surface area contributed by atoms with Crippen molar-refractivity contribution >= 4 is 21.6 Å². The van der Waals surface area contributed by atoms with Crippen LogP contribution in [0.1, 0.15) is 15.9 Å². The van der Waals surface area contributed by atoms with Crippen LogP contribution in [0.15, 0.2) is 77.7 Å². The molecule has 0 heterocycles. The number of benzene rings is 3. The number of halogens is 2. The lowest BCUT2D eigenvalue weighted by atomic mass is 10.2. The quantitative estimate of drug-likeness (QED) is 0.660. The second kappa shape index (κ2) is 8.18. The van der Waals surface area contributed by atoms with Crippen LogP contribution in [-0.4, -0.2) is 14.3 Å². The first kappa shape index (κ1) is 19.5. The molecule has 2 N–H and O–H groups in total. The first-order valence-electron chi connectivity index (χ1n) is 8.25. The summed E-state index contributed by atoms with van der Waals surface area (Å²) in [5.74, 6) is -2.70. The summed E-state index contributed by atoms with van der Waals surface area (Å²) in [6, 6.07) is 17.4. The molecular weight excluding hydrogens is 386 g/mol. The van der Waals surface area contributed by atoms with Crippen molar-refractivity contribution in [3.05, 3.63) is 95.6 Å². The van der Waals surface area contributed by atoms with Gasteiger partial charge in [0.25, 0.3) is 15.9 Å².